The molecule has 6 nitrogen and oxygen atoms in total. The van der Waals surface area contributed by atoms with Crippen LogP contribution < -0.4 is 10.6 Å². The Kier molecular flexibility index (Phi) is 7.35. The quantitative estimate of drug-likeness (QED) is 0.600. The van der Waals surface area contributed by atoms with Gasteiger partial charge in [-0.1, -0.05) is 20.8 Å². The zero-order chi connectivity index (χ0) is 14.2. The third kappa shape index (κ3) is 7.11. The Balaban J connectivity index is 4.01. The highest BCUT2D eigenvalue weighted by Gasteiger charge is 2.32. The molecule has 1 atom stereocenters. The SMILES string of the molecule is CCOCCCNC(=O)N[C@H](C(=O)O)C(C)(C)C. The Labute approximate surface area is 108 Å². The Morgan fingerprint density at radius 2 is 1.94 bits per heavy atom. The van der Waals surface area contributed by atoms with E-state index in [4.69, 9.17) is 9.84 Å². The van der Waals surface area contributed by atoms with Gasteiger partial charge < -0.3 is 20.5 Å². The summed E-state index contributed by atoms with van der Waals surface area (Å²) >= 11 is 0. The summed E-state index contributed by atoms with van der Waals surface area (Å²) in [6.07, 6.45) is 0.703. The van der Waals surface area contributed by atoms with E-state index in [-0.39, 0.29) is 0 Å². The van der Waals surface area contributed by atoms with Crippen molar-refractivity contribution in [3.8, 4) is 0 Å². The summed E-state index contributed by atoms with van der Waals surface area (Å²) in [5.74, 6) is -1.04. The zero-order valence-corrected chi connectivity index (χ0v) is 11.6. The topological polar surface area (TPSA) is 87.7 Å². The standard InChI is InChI=1S/C12H24N2O4/c1-5-18-8-6-7-13-11(17)14-9(10(15)16)12(2,3)4/h9H,5-8H2,1-4H3,(H,15,16)(H2,13,14,17)/t9-/m1/s1. The fourth-order valence-corrected chi connectivity index (χ4v) is 1.35. The summed E-state index contributed by atoms with van der Waals surface area (Å²) in [7, 11) is 0. The van der Waals surface area contributed by atoms with Gasteiger partial charge in [0.2, 0.25) is 0 Å². The molecular weight excluding hydrogens is 236 g/mol. The van der Waals surface area contributed by atoms with Gasteiger partial charge in [0.05, 0.1) is 0 Å². The number of amides is 2. The van der Waals surface area contributed by atoms with Crippen LogP contribution in [0, 0.1) is 5.41 Å². The molecule has 0 aliphatic heterocycles. The average molecular weight is 260 g/mol. The first-order valence-corrected chi connectivity index (χ1v) is 6.14. The van der Waals surface area contributed by atoms with Crippen LogP contribution in [0.4, 0.5) is 4.79 Å². The summed E-state index contributed by atoms with van der Waals surface area (Å²) in [4.78, 5) is 22.5. The van der Waals surface area contributed by atoms with E-state index in [2.05, 4.69) is 10.6 Å². The largest absolute Gasteiger partial charge is 0.480 e. The molecule has 0 bridgehead atoms. The maximum absolute atomic E-state index is 11.5. The summed E-state index contributed by atoms with van der Waals surface area (Å²) in [6.45, 7) is 8.89. The van der Waals surface area contributed by atoms with Gasteiger partial charge in [-0.05, 0) is 18.8 Å². The molecule has 0 spiro atoms. The van der Waals surface area contributed by atoms with E-state index >= 15 is 0 Å². The fourth-order valence-electron chi connectivity index (χ4n) is 1.35. The minimum atomic E-state index is -1.04. The van der Waals surface area contributed by atoms with Gasteiger partial charge >= 0.3 is 12.0 Å². The summed E-state index contributed by atoms with van der Waals surface area (Å²) in [5.41, 5.74) is -0.533. The van der Waals surface area contributed by atoms with Gasteiger partial charge in [0.1, 0.15) is 6.04 Å². The number of carbonyl (C=O) groups is 2. The van der Waals surface area contributed by atoms with Crippen LogP contribution in [0.5, 0.6) is 0 Å². The number of carboxylic acids is 1. The number of ether oxygens (including phenoxy) is 1. The Morgan fingerprint density at radius 3 is 2.39 bits per heavy atom. The van der Waals surface area contributed by atoms with Crippen LogP contribution in [0.2, 0.25) is 0 Å². The van der Waals surface area contributed by atoms with Crippen molar-refractivity contribution in [3.63, 3.8) is 0 Å². The van der Waals surface area contributed by atoms with Crippen molar-refractivity contribution in [1.29, 1.82) is 0 Å². The van der Waals surface area contributed by atoms with Gasteiger partial charge in [0.15, 0.2) is 0 Å². The first-order chi connectivity index (χ1) is 8.29. The maximum Gasteiger partial charge on any atom is 0.326 e. The van der Waals surface area contributed by atoms with Crippen molar-refractivity contribution >= 4 is 12.0 Å². The van der Waals surface area contributed by atoms with Crippen molar-refractivity contribution in [3.05, 3.63) is 0 Å². The van der Waals surface area contributed by atoms with E-state index in [0.29, 0.717) is 26.2 Å². The molecule has 0 aromatic carbocycles. The van der Waals surface area contributed by atoms with E-state index in [1.165, 1.54) is 0 Å². The zero-order valence-electron chi connectivity index (χ0n) is 11.6. The van der Waals surface area contributed by atoms with Gasteiger partial charge in [-0.25, -0.2) is 9.59 Å². The van der Waals surface area contributed by atoms with Gasteiger partial charge in [-0.3, -0.25) is 0 Å². The molecule has 18 heavy (non-hydrogen) atoms. The maximum atomic E-state index is 11.5. The molecule has 0 fully saturated rings. The first-order valence-electron chi connectivity index (χ1n) is 6.14. The number of nitrogens with one attached hydrogen (secondary N) is 2. The predicted molar refractivity (Wildman–Crippen MR) is 68.5 cm³/mol. The Morgan fingerprint density at radius 1 is 1.33 bits per heavy atom. The lowest BCUT2D eigenvalue weighted by atomic mass is 9.87. The van der Waals surface area contributed by atoms with Crippen molar-refractivity contribution in [1.82, 2.24) is 10.6 Å². The molecule has 0 aromatic rings. The molecule has 0 aliphatic carbocycles. The number of urea groups is 1. The monoisotopic (exact) mass is 260 g/mol. The molecule has 0 unspecified atom stereocenters. The first kappa shape index (κ1) is 16.7. The van der Waals surface area contributed by atoms with Crippen LogP contribution >= 0.6 is 0 Å². The van der Waals surface area contributed by atoms with E-state index in [1.54, 1.807) is 20.8 Å². The molecule has 0 aliphatic rings. The Bertz CT molecular complexity index is 274. The normalized spacial score (nSPS) is 12.9. The van der Waals surface area contributed by atoms with Crippen LogP contribution in [-0.2, 0) is 9.53 Å². The van der Waals surface area contributed by atoms with E-state index < -0.39 is 23.5 Å². The number of carboxylic acid groups (broad SMARTS) is 1. The highest BCUT2D eigenvalue weighted by atomic mass is 16.5. The molecule has 0 radical (unpaired) electrons. The molecule has 0 heterocycles. The van der Waals surface area contributed by atoms with E-state index in [1.807, 2.05) is 6.92 Å². The second kappa shape index (κ2) is 7.92. The van der Waals surface area contributed by atoms with Crippen molar-refractivity contribution < 1.29 is 19.4 Å². The number of hydrogen-bond donors (Lipinski definition) is 3. The number of hydrogen-bond acceptors (Lipinski definition) is 3. The van der Waals surface area contributed by atoms with E-state index in [0.717, 1.165) is 0 Å². The van der Waals surface area contributed by atoms with Crippen molar-refractivity contribution in [2.75, 3.05) is 19.8 Å². The number of carbonyl (C=O) groups excluding carboxylic acids is 1. The minimum absolute atomic E-state index is 0.461. The molecule has 0 rings (SSSR count). The lowest BCUT2D eigenvalue weighted by Gasteiger charge is -2.27. The van der Waals surface area contributed by atoms with Gasteiger partial charge in [0, 0.05) is 19.8 Å². The summed E-state index contributed by atoms with van der Waals surface area (Å²) in [6, 6.07) is -1.38. The molecule has 0 saturated heterocycles. The molecule has 0 aromatic heterocycles. The number of aliphatic carboxylic acids is 1. The molecule has 0 saturated carbocycles. The van der Waals surface area contributed by atoms with Crippen LogP contribution in [-0.4, -0.2) is 42.9 Å². The highest BCUT2D eigenvalue weighted by molar-refractivity contribution is 5.83. The fraction of sp³-hybridized carbons (Fsp3) is 0.833. The third-order valence-corrected chi connectivity index (χ3v) is 2.34. The molecule has 2 amide bonds. The smallest absolute Gasteiger partial charge is 0.326 e. The van der Waals surface area contributed by atoms with Crippen molar-refractivity contribution in [2.24, 2.45) is 5.41 Å². The van der Waals surface area contributed by atoms with Crippen LogP contribution in [0.1, 0.15) is 34.1 Å². The van der Waals surface area contributed by atoms with Crippen molar-refractivity contribution in [2.45, 2.75) is 40.2 Å². The van der Waals surface area contributed by atoms with Gasteiger partial charge in [-0.2, -0.15) is 0 Å². The summed E-state index contributed by atoms with van der Waals surface area (Å²) in [5, 5.41) is 14.1. The second-order valence-electron chi connectivity index (χ2n) is 5.09. The van der Waals surface area contributed by atoms with Crippen LogP contribution in [0.15, 0.2) is 0 Å². The molecule has 106 valence electrons. The average Bonchev–Trinajstić information content (AvgIpc) is 2.23. The van der Waals surface area contributed by atoms with E-state index in [9.17, 15) is 9.59 Å². The lowest BCUT2D eigenvalue weighted by molar-refractivity contribution is -0.141. The van der Waals surface area contributed by atoms with Crippen LogP contribution in [0.3, 0.4) is 0 Å². The lowest BCUT2D eigenvalue weighted by Crippen LogP contribution is -2.52. The van der Waals surface area contributed by atoms with Gasteiger partial charge in [0.25, 0.3) is 0 Å². The minimum Gasteiger partial charge on any atom is -0.480 e. The number of rotatable bonds is 7. The van der Waals surface area contributed by atoms with Crippen LogP contribution in [0.25, 0.3) is 0 Å². The highest BCUT2D eigenvalue weighted by Crippen LogP contribution is 2.19. The Hall–Kier alpha value is -1.30. The summed E-state index contributed by atoms with van der Waals surface area (Å²) < 4.78 is 5.12. The second-order valence-corrected chi connectivity index (χ2v) is 5.09. The van der Waals surface area contributed by atoms with Gasteiger partial charge in [-0.15, -0.1) is 0 Å². The molecule has 3 N–H and O–H groups in total. The predicted octanol–water partition coefficient (Wildman–Crippen LogP) is 1.21. The third-order valence-electron chi connectivity index (χ3n) is 2.34. The molecule has 6 heteroatoms. The molecular formula is C12H24N2O4.